The molecule has 1 aromatic rings. The first-order valence-electron chi connectivity index (χ1n) is 5.98. The molecule has 0 saturated heterocycles. The smallest absolute Gasteiger partial charge is 0.243 e. The van der Waals surface area contributed by atoms with E-state index < -0.39 is 10.0 Å². The fourth-order valence-electron chi connectivity index (χ4n) is 1.56. The van der Waals surface area contributed by atoms with Gasteiger partial charge in [0.05, 0.1) is 11.4 Å². The van der Waals surface area contributed by atoms with Gasteiger partial charge in [-0.2, -0.15) is 4.31 Å². The quantitative estimate of drug-likeness (QED) is 0.741. The van der Waals surface area contributed by atoms with Crippen molar-refractivity contribution in [1.82, 2.24) is 9.62 Å². The molecule has 0 radical (unpaired) electrons. The minimum atomic E-state index is -3.67. The van der Waals surface area contributed by atoms with Crippen molar-refractivity contribution in [3.63, 3.8) is 0 Å². The van der Waals surface area contributed by atoms with E-state index in [2.05, 4.69) is 5.32 Å². The number of hydrogen-bond acceptors (Lipinski definition) is 4. The number of nitrogens with zero attached hydrogens (tertiary/aromatic N) is 1. The van der Waals surface area contributed by atoms with Crippen molar-refractivity contribution in [2.75, 3.05) is 25.9 Å². The minimum absolute atomic E-state index is 0.138. The number of sulfonamides is 1. The number of nitrogen functional groups attached to an aromatic ring is 1. The van der Waals surface area contributed by atoms with Gasteiger partial charge in [0.25, 0.3) is 0 Å². The molecule has 0 unspecified atom stereocenters. The maximum absolute atomic E-state index is 12.4. The zero-order valence-corrected chi connectivity index (χ0v) is 11.9. The zero-order chi connectivity index (χ0) is 14.5. The van der Waals surface area contributed by atoms with E-state index in [0.29, 0.717) is 18.7 Å². The third-order valence-electron chi connectivity index (χ3n) is 2.59. The Morgan fingerprint density at radius 3 is 2.37 bits per heavy atom. The summed E-state index contributed by atoms with van der Waals surface area (Å²) in [7, 11) is -2.19. The van der Waals surface area contributed by atoms with E-state index in [9.17, 15) is 13.2 Å². The highest BCUT2D eigenvalue weighted by atomic mass is 32.2. The molecule has 0 aliphatic heterocycles. The van der Waals surface area contributed by atoms with Crippen molar-refractivity contribution in [3.05, 3.63) is 24.3 Å². The first kappa shape index (κ1) is 15.5. The topological polar surface area (TPSA) is 92.5 Å². The number of amides is 1. The lowest BCUT2D eigenvalue weighted by atomic mass is 10.3. The van der Waals surface area contributed by atoms with E-state index in [0.717, 1.165) is 4.31 Å². The Hall–Kier alpha value is -1.60. The molecular formula is C12H19N3O3S. The Morgan fingerprint density at radius 1 is 1.32 bits per heavy atom. The van der Waals surface area contributed by atoms with Crippen LogP contribution in [0.5, 0.6) is 0 Å². The van der Waals surface area contributed by atoms with Gasteiger partial charge in [-0.1, -0.05) is 6.92 Å². The lowest BCUT2D eigenvalue weighted by molar-refractivity contribution is -0.120. The van der Waals surface area contributed by atoms with E-state index in [4.69, 9.17) is 5.73 Å². The second-order valence-corrected chi connectivity index (χ2v) is 6.02. The molecule has 0 fully saturated rings. The third-order valence-corrected chi connectivity index (χ3v) is 4.45. The minimum Gasteiger partial charge on any atom is -0.399 e. The van der Waals surface area contributed by atoms with E-state index in [1.807, 2.05) is 6.92 Å². The van der Waals surface area contributed by atoms with Crippen LogP contribution >= 0.6 is 0 Å². The second kappa shape index (κ2) is 6.53. The number of anilines is 1. The van der Waals surface area contributed by atoms with Gasteiger partial charge in [0.2, 0.25) is 15.9 Å². The highest BCUT2D eigenvalue weighted by Crippen LogP contribution is 2.17. The normalized spacial score (nSPS) is 11.5. The molecule has 1 rings (SSSR count). The summed E-state index contributed by atoms with van der Waals surface area (Å²) in [5.74, 6) is -0.340. The van der Waals surface area contributed by atoms with Crippen LogP contribution in [0.1, 0.15) is 13.3 Å². The first-order chi connectivity index (χ1) is 8.91. The summed E-state index contributed by atoms with van der Waals surface area (Å²) in [6.07, 6.45) is 0.630. The Kier molecular flexibility index (Phi) is 5.31. The molecule has 0 bridgehead atoms. The summed E-state index contributed by atoms with van der Waals surface area (Å²) < 4.78 is 25.9. The van der Waals surface area contributed by atoms with E-state index in [1.54, 1.807) is 0 Å². The molecule has 0 heterocycles. The van der Waals surface area contributed by atoms with Crippen molar-refractivity contribution in [1.29, 1.82) is 0 Å². The Balaban J connectivity index is 3.05. The molecule has 3 N–H and O–H groups in total. The Labute approximate surface area is 113 Å². The van der Waals surface area contributed by atoms with Gasteiger partial charge in [0.15, 0.2) is 0 Å². The summed E-state index contributed by atoms with van der Waals surface area (Å²) >= 11 is 0. The fraction of sp³-hybridized carbons (Fsp3) is 0.417. The van der Waals surface area contributed by atoms with E-state index in [1.165, 1.54) is 31.3 Å². The summed E-state index contributed by atoms with van der Waals surface area (Å²) in [6, 6.07) is 5.93. The summed E-state index contributed by atoms with van der Waals surface area (Å²) in [5, 5.41) is 2.42. The first-order valence-corrected chi connectivity index (χ1v) is 7.42. The number of hydrogen-bond donors (Lipinski definition) is 2. The van der Waals surface area contributed by atoms with Crippen LogP contribution in [0.4, 0.5) is 5.69 Å². The largest absolute Gasteiger partial charge is 0.399 e. The summed E-state index contributed by atoms with van der Waals surface area (Å²) in [6.45, 7) is 1.96. The predicted molar refractivity (Wildman–Crippen MR) is 74.0 cm³/mol. The SMILES string of the molecule is CCCN(CC(=O)NC)S(=O)(=O)c1ccc(N)cc1. The maximum Gasteiger partial charge on any atom is 0.243 e. The monoisotopic (exact) mass is 285 g/mol. The molecule has 0 aromatic heterocycles. The molecule has 0 atom stereocenters. The second-order valence-electron chi connectivity index (χ2n) is 4.08. The van der Waals surface area contributed by atoms with Crippen LogP contribution in [-0.2, 0) is 14.8 Å². The van der Waals surface area contributed by atoms with Crippen LogP contribution in [0.3, 0.4) is 0 Å². The zero-order valence-electron chi connectivity index (χ0n) is 11.1. The molecule has 106 valence electrons. The number of nitrogens with one attached hydrogen (secondary N) is 1. The maximum atomic E-state index is 12.4. The number of likely N-dealkylation sites (N-methyl/N-ethyl adjacent to an activating group) is 1. The van der Waals surface area contributed by atoms with Gasteiger partial charge in [0.1, 0.15) is 0 Å². The van der Waals surface area contributed by atoms with Crippen molar-refractivity contribution in [3.8, 4) is 0 Å². The standard InChI is InChI=1S/C12H19N3O3S/c1-3-8-15(9-12(16)14-2)19(17,18)11-6-4-10(13)5-7-11/h4-7H,3,8-9,13H2,1-2H3,(H,14,16). The fourth-order valence-corrected chi connectivity index (χ4v) is 3.05. The Bertz CT molecular complexity index is 526. The number of carbonyl (C=O) groups excluding carboxylic acids is 1. The van der Waals surface area contributed by atoms with Crippen LogP contribution in [0.2, 0.25) is 0 Å². The lowest BCUT2D eigenvalue weighted by Gasteiger charge is -2.20. The lowest BCUT2D eigenvalue weighted by Crippen LogP contribution is -2.40. The van der Waals surface area contributed by atoms with Gasteiger partial charge in [-0.3, -0.25) is 4.79 Å². The average molecular weight is 285 g/mol. The number of carbonyl (C=O) groups is 1. The van der Waals surface area contributed by atoms with Gasteiger partial charge in [-0.05, 0) is 30.7 Å². The molecule has 6 nitrogen and oxygen atoms in total. The molecule has 0 saturated carbocycles. The molecule has 0 spiro atoms. The van der Waals surface area contributed by atoms with Crippen LogP contribution in [0.25, 0.3) is 0 Å². The summed E-state index contributed by atoms with van der Waals surface area (Å²) in [5.41, 5.74) is 6.03. The van der Waals surface area contributed by atoms with Gasteiger partial charge in [0, 0.05) is 19.3 Å². The molecule has 7 heteroatoms. The van der Waals surface area contributed by atoms with Crippen molar-refractivity contribution >= 4 is 21.6 Å². The van der Waals surface area contributed by atoms with E-state index in [-0.39, 0.29) is 17.3 Å². The molecule has 0 aliphatic carbocycles. The molecule has 19 heavy (non-hydrogen) atoms. The molecule has 0 aliphatic rings. The number of rotatable bonds is 6. The van der Waals surface area contributed by atoms with Crippen molar-refractivity contribution in [2.45, 2.75) is 18.2 Å². The Morgan fingerprint density at radius 2 is 1.89 bits per heavy atom. The molecular weight excluding hydrogens is 266 g/mol. The summed E-state index contributed by atoms with van der Waals surface area (Å²) in [4.78, 5) is 11.5. The highest BCUT2D eigenvalue weighted by molar-refractivity contribution is 7.89. The molecule has 1 amide bonds. The number of nitrogens with two attached hydrogens (primary N) is 1. The van der Waals surface area contributed by atoms with Crippen molar-refractivity contribution in [2.24, 2.45) is 0 Å². The third kappa shape index (κ3) is 3.93. The highest BCUT2D eigenvalue weighted by Gasteiger charge is 2.25. The van der Waals surface area contributed by atoms with Crippen molar-refractivity contribution < 1.29 is 13.2 Å². The van der Waals surface area contributed by atoms with E-state index >= 15 is 0 Å². The van der Waals surface area contributed by atoms with Crippen LogP contribution in [-0.4, -0.2) is 38.8 Å². The van der Waals surface area contributed by atoms with Gasteiger partial charge >= 0.3 is 0 Å². The predicted octanol–water partition coefficient (Wildman–Crippen LogP) is 0.416. The van der Waals surface area contributed by atoms with Crippen LogP contribution in [0.15, 0.2) is 29.2 Å². The van der Waals surface area contributed by atoms with Gasteiger partial charge in [-0.15, -0.1) is 0 Å². The van der Waals surface area contributed by atoms with Crippen LogP contribution < -0.4 is 11.1 Å². The molecule has 1 aromatic carbocycles. The van der Waals surface area contributed by atoms with Crippen LogP contribution in [0, 0.1) is 0 Å². The number of benzene rings is 1. The van der Waals surface area contributed by atoms with Gasteiger partial charge in [-0.25, -0.2) is 8.42 Å². The average Bonchev–Trinajstić information content (AvgIpc) is 2.38. The van der Waals surface area contributed by atoms with Gasteiger partial charge < -0.3 is 11.1 Å².